The highest BCUT2D eigenvalue weighted by Gasteiger charge is 2.26. The molecule has 4 nitrogen and oxygen atoms in total. The molecule has 2 saturated heterocycles. The van der Waals surface area contributed by atoms with Gasteiger partial charge in [-0.15, -0.1) is 0 Å². The first-order valence-corrected chi connectivity index (χ1v) is 8.33. The van der Waals surface area contributed by atoms with Crippen molar-refractivity contribution in [3.05, 3.63) is 6.42 Å². The van der Waals surface area contributed by atoms with Gasteiger partial charge in [-0.05, 0) is 64.2 Å². The maximum atomic E-state index is 11.5. The van der Waals surface area contributed by atoms with Crippen molar-refractivity contribution in [2.24, 2.45) is 5.92 Å². The summed E-state index contributed by atoms with van der Waals surface area (Å²) in [5.74, 6) is 0.797. The van der Waals surface area contributed by atoms with Crippen LogP contribution in [-0.2, 0) is 10.7 Å². The Balaban J connectivity index is 1.89. The molecule has 2 fully saturated rings. The van der Waals surface area contributed by atoms with Crippen LogP contribution >= 0.6 is 0 Å². The van der Waals surface area contributed by atoms with Gasteiger partial charge in [-0.3, -0.25) is 4.90 Å². The third-order valence-electron chi connectivity index (χ3n) is 4.20. The van der Waals surface area contributed by atoms with E-state index in [4.69, 9.17) is 0 Å². The zero-order valence-electron chi connectivity index (χ0n) is 11.3. The van der Waals surface area contributed by atoms with Crippen molar-refractivity contribution >= 4 is 10.7 Å². The van der Waals surface area contributed by atoms with E-state index >= 15 is 0 Å². The van der Waals surface area contributed by atoms with Crippen molar-refractivity contribution < 1.29 is 8.42 Å². The molecule has 0 N–H and O–H groups in total. The van der Waals surface area contributed by atoms with Gasteiger partial charge in [0.25, 0.3) is 0 Å². The minimum atomic E-state index is -2.35. The lowest BCUT2D eigenvalue weighted by molar-refractivity contribution is 0.141. The molecule has 0 spiro atoms. The van der Waals surface area contributed by atoms with Gasteiger partial charge < -0.3 is 4.90 Å². The van der Waals surface area contributed by atoms with Crippen molar-refractivity contribution in [1.29, 1.82) is 0 Å². The molecular formula is C13H25N2O2S. The summed E-state index contributed by atoms with van der Waals surface area (Å²) in [5.41, 5.74) is 0. The maximum absolute atomic E-state index is 11.5. The van der Waals surface area contributed by atoms with Crippen LogP contribution in [0.4, 0.5) is 0 Å². The molecule has 1 radical (unpaired) electrons. The van der Waals surface area contributed by atoms with Crippen LogP contribution in [0.1, 0.15) is 32.6 Å². The molecule has 105 valence electrons. The molecule has 2 rings (SSSR count). The first-order chi connectivity index (χ1) is 8.66. The molecule has 0 amide bonds. The van der Waals surface area contributed by atoms with Gasteiger partial charge in [-0.25, -0.2) is 8.42 Å². The van der Waals surface area contributed by atoms with E-state index in [0.29, 0.717) is 6.54 Å². The van der Waals surface area contributed by atoms with Crippen molar-refractivity contribution in [2.75, 3.05) is 32.7 Å². The first kappa shape index (κ1) is 14.3. The average molecular weight is 273 g/mol. The van der Waals surface area contributed by atoms with Crippen LogP contribution in [0, 0.1) is 12.3 Å². The molecule has 2 aliphatic heterocycles. The lowest BCUT2D eigenvalue weighted by Crippen LogP contribution is -2.48. The Morgan fingerprint density at radius 3 is 2.33 bits per heavy atom. The highest BCUT2D eigenvalue weighted by Crippen LogP contribution is 2.18. The lowest BCUT2D eigenvalue weighted by atomic mass is 9.99. The van der Waals surface area contributed by atoms with Gasteiger partial charge in [0, 0.05) is 6.54 Å². The van der Waals surface area contributed by atoms with Gasteiger partial charge in [-0.1, -0.05) is 6.92 Å². The summed E-state index contributed by atoms with van der Waals surface area (Å²) in [5, 5.41) is -0.276. The SMILES string of the molecule is CC1CCN(CC(N2CC[CH]CC2)[SH](=O)=O)CC1. The number of rotatable bonds is 4. The van der Waals surface area contributed by atoms with E-state index in [1.165, 1.54) is 12.8 Å². The number of piperidine rings is 2. The highest BCUT2D eigenvalue weighted by atomic mass is 32.2. The molecule has 0 bridgehead atoms. The molecule has 0 saturated carbocycles. The zero-order chi connectivity index (χ0) is 13.0. The molecule has 0 aromatic heterocycles. The molecule has 1 atom stereocenters. The molecule has 0 aromatic rings. The van der Waals surface area contributed by atoms with Crippen molar-refractivity contribution in [2.45, 2.75) is 38.0 Å². The molecule has 2 aliphatic rings. The Morgan fingerprint density at radius 2 is 1.78 bits per heavy atom. The monoisotopic (exact) mass is 273 g/mol. The van der Waals surface area contributed by atoms with E-state index in [9.17, 15) is 8.42 Å². The van der Waals surface area contributed by atoms with Crippen LogP contribution in [0.5, 0.6) is 0 Å². The fourth-order valence-corrected chi connectivity index (χ4v) is 3.72. The van der Waals surface area contributed by atoms with Gasteiger partial charge in [-0.2, -0.15) is 0 Å². The molecule has 5 heteroatoms. The number of hydrogen-bond donors (Lipinski definition) is 1. The Bertz CT molecular complexity index is 311. The fraction of sp³-hybridized carbons (Fsp3) is 0.923. The average Bonchev–Trinajstić information content (AvgIpc) is 2.38. The summed E-state index contributed by atoms with van der Waals surface area (Å²) in [6.07, 6.45) is 6.72. The second kappa shape index (κ2) is 6.87. The van der Waals surface area contributed by atoms with Gasteiger partial charge in [0.05, 0.1) is 0 Å². The van der Waals surface area contributed by atoms with Gasteiger partial charge in [0.15, 0.2) is 10.7 Å². The molecule has 0 aromatic carbocycles. The number of thiol groups is 1. The van der Waals surface area contributed by atoms with Crippen LogP contribution in [-0.4, -0.2) is 56.3 Å². The second-order valence-electron chi connectivity index (χ2n) is 5.65. The lowest BCUT2D eigenvalue weighted by Gasteiger charge is -2.36. The third kappa shape index (κ3) is 3.93. The van der Waals surface area contributed by atoms with Gasteiger partial charge >= 0.3 is 0 Å². The molecular weight excluding hydrogens is 248 g/mol. The number of likely N-dealkylation sites (tertiary alicyclic amines) is 2. The molecule has 2 heterocycles. The first-order valence-electron chi connectivity index (χ1n) is 7.08. The Hall–Kier alpha value is -0.130. The summed E-state index contributed by atoms with van der Waals surface area (Å²) < 4.78 is 23.0. The zero-order valence-corrected chi connectivity index (χ0v) is 12.1. The predicted molar refractivity (Wildman–Crippen MR) is 74.0 cm³/mol. The predicted octanol–water partition coefficient (Wildman–Crippen LogP) is 0.956. The minimum Gasteiger partial charge on any atom is -0.301 e. The van der Waals surface area contributed by atoms with E-state index in [0.717, 1.165) is 44.9 Å². The topological polar surface area (TPSA) is 40.6 Å². The smallest absolute Gasteiger partial charge is 0.157 e. The van der Waals surface area contributed by atoms with E-state index in [1.54, 1.807) is 0 Å². The fourth-order valence-electron chi connectivity index (χ4n) is 2.86. The van der Waals surface area contributed by atoms with Crippen LogP contribution in [0.3, 0.4) is 0 Å². The number of nitrogens with zero attached hydrogens (tertiary/aromatic N) is 2. The van der Waals surface area contributed by atoms with E-state index in [1.807, 2.05) is 0 Å². The summed E-state index contributed by atoms with van der Waals surface area (Å²) in [6, 6.07) is 0. The van der Waals surface area contributed by atoms with E-state index in [-0.39, 0.29) is 5.37 Å². The van der Waals surface area contributed by atoms with Gasteiger partial charge in [0.2, 0.25) is 0 Å². The quantitative estimate of drug-likeness (QED) is 0.775. The summed E-state index contributed by atoms with van der Waals surface area (Å²) in [4.78, 5) is 4.47. The highest BCUT2D eigenvalue weighted by molar-refractivity contribution is 7.73. The Kier molecular flexibility index (Phi) is 5.45. The van der Waals surface area contributed by atoms with Gasteiger partial charge in [0.1, 0.15) is 5.37 Å². The van der Waals surface area contributed by atoms with Crippen LogP contribution in [0.25, 0.3) is 0 Å². The number of hydrogen-bond acceptors (Lipinski definition) is 4. The normalized spacial score (nSPS) is 26.6. The summed E-state index contributed by atoms with van der Waals surface area (Å²) in [7, 11) is -2.35. The molecule has 1 unspecified atom stereocenters. The van der Waals surface area contributed by atoms with E-state index in [2.05, 4.69) is 23.1 Å². The van der Waals surface area contributed by atoms with E-state index < -0.39 is 10.7 Å². The van der Waals surface area contributed by atoms with Crippen LogP contribution < -0.4 is 0 Å². The standard InChI is InChI=1S/C13H25N2O2S/c1-12-5-9-14(10-6-12)11-13(18(16)17)15-7-3-2-4-8-15/h2,12-13,18H,3-11H2,1H3. The Morgan fingerprint density at radius 1 is 1.17 bits per heavy atom. The maximum Gasteiger partial charge on any atom is 0.157 e. The summed E-state index contributed by atoms with van der Waals surface area (Å²) >= 11 is 0. The van der Waals surface area contributed by atoms with Crippen LogP contribution in [0.15, 0.2) is 0 Å². The van der Waals surface area contributed by atoms with Crippen molar-refractivity contribution in [3.63, 3.8) is 0 Å². The largest absolute Gasteiger partial charge is 0.301 e. The second-order valence-corrected chi connectivity index (χ2v) is 6.82. The Labute approximate surface area is 112 Å². The summed E-state index contributed by atoms with van der Waals surface area (Å²) in [6.45, 7) is 6.90. The molecule has 18 heavy (non-hydrogen) atoms. The van der Waals surface area contributed by atoms with Crippen molar-refractivity contribution in [3.8, 4) is 0 Å². The third-order valence-corrected chi connectivity index (χ3v) is 5.18. The van der Waals surface area contributed by atoms with Crippen molar-refractivity contribution in [1.82, 2.24) is 9.80 Å². The minimum absolute atomic E-state index is 0.276. The molecule has 0 aliphatic carbocycles. The van der Waals surface area contributed by atoms with Crippen LogP contribution in [0.2, 0.25) is 0 Å².